The summed E-state index contributed by atoms with van der Waals surface area (Å²) in [5, 5.41) is 11.6. The first-order chi connectivity index (χ1) is 17.2. The fraction of sp³-hybridized carbons (Fsp3) is 0.0833. The molecule has 0 aliphatic rings. The largest absolute Gasteiger partial charge is 0.446 e. The van der Waals surface area contributed by atoms with Crippen LogP contribution in [0.15, 0.2) is 83.9 Å². The molecular formula is C24H20F3N7OS. The second kappa shape index (κ2) is 11.0. The van der Waals surface area contributed by atoms with E-state index >= 15 is 0 Å². The summed E-state index contributed by atoms with van der Waals surface area (Å²) in [6.45, 7) is 1.78. The number of alkyl halides is 3. The molecule has 12 heteroatoms. The van der Waals surface area contributed by atoms with Gasteiger partial charge in [-0.15, -0.1) is 0 Å². The van der Waals surface area contributed by atoms with Crippen LogP contribution >= 0.6 is 11.8 Å². The molecule has 0 unspecified atom stereocenters. The molecule has 2 aromatic heterocycles. The second-order valence-corrected chi connectivity index (χ2v) is 8.52. The normalized spacial score (nSPS) is 11.0. The number of amides is 2. The molecule has 0 aliphatic carbocycles. The van der Waals surface area contributed by atoms with Crippen LogP contribution in [0.4, 0.5) is 52.5 Å². The predicted octanol–water partition coefficient (Wildman–Crippen LogP) is 6.92. The van der Waals surface area contributed by atoms with Gasteiger partial charge >= 0.3 is 11.5 Å². The number of hydrogen-bond acceptors (Lipinski definition) is 7. The van der Waals surface area contributed by atoms with E-state index in [1.807, 2.05) is 18.2 Å². The summed E-state index contributed by atoms with van der Waals surface area (Å²) in [5.41, 5.74) is -2.73. The lowest BCUT2D eigenvalue weighted by Crippen LogP contribution is -2.19. The van der Waals surface area contributed by atoms with Crippen LogP contribution in [0.1, 0.15) is 5.82 Å². The van der Waals surface area contributed by atoms with Crippen molar-refractivity contribution in [3.05, 3.63) is 84.8 Å². The fourth-order valence-corrected chi connectivity index (χ4v) is 3.62. The highest BCUT2D eigenvalue weighted by atomic mass is 32.2. The van der Waals surface area contributed by atoms with Gasteiger partial charge in [-0.1, -0.05) is 6.07 Å². The van der Waals surface area contributed by atoms with Crippen LogP contribution in [-0.4, -0.2) is 26.5 Å². The molecule has 0 aliphatic heterocycles. The highest BCUT2D eigenvalue weighted by Gasteiger charge is 2.29. The molecule has 0 bridgehead atoms. The summed E-state index contributed by atoms with van der Waals surface area (Å²) >= 11 is -0.214. The van der Waals surface area contributed by atoms with E-state index in [1.54, 1.807) is 43.5 Å². The Hall–Kier alpha value is -4.32. The number of urea groups is 1. The minimum absolute atomic E-state index is 0.0371. The van der Waals surface area contributed by atoms with Crippen LogP contribution < -0.4 is 21.3 Å². The molecule has 0 atom stereocenters. The van der Waals surface area contributed by atoms with Gasteiger partial charge in [0.05, 0.1) is 0 Å². The van der Waals surface area contributed by atoms with Gasteiger partial charge in [0.1, 0.15) is 23.3 Å². The Morgan fingerprint density at radius 1 is 0.778 bits per heavy atom. The molecule has 2 heterocycles. The first kappa shape index (κ1) is 24.8. The van der Waals surface area contributed by atoms with E-state index < -0.39 is 11.5 Å². The molecule has 0 radical (unpaired) electrons. The van der Waals surface area contributed by atoms with Crippen molar-refractivity contribution in [2.45, 2.75) is 17.3 Å². The quantitative estimate of drug-likeness (QED) is 0.200. The Morgan fingerprint density at radius 2 is 1.36 bits per heavy atom. The topological polar surface area (TPSA) is 104 Å². The summed E-state index contributed by atoms with van der Waals surface area (Å²) < 4.78 is 37.3. The van der Waals surface area contributed by atoms with E-state index in [0.29, 0.717) is 34.7 Å². The van der Waals surface area contributed by atoms with Crippen molar-refractivity contribution in [2.75, 3.05) is 21.3 Å². The highest BCUT2D eigenvalue weighted by Crippen LogP contribution is 2.37. The second-order valence-electron chi connectivity index (χ2n) is 7.38. The number of benzene rings is 2. The maximum Gasteiger partial charge on any atom is 0.446 e. The van der Waals surface area contributed by atoms with Crippen molar-refractivity contribution < 1.29 is 18.0 Å². The van der Waals surface area contributed by atoms with Gasteiger partial charge in [0, 0.05) is 34.2 Å². The molecule has 4 aromatic rings. The number of pyridine rings is 1. The van der Waals surface area contributed by atoms with Crippen molar-refractivity contribution in [3.8, 4) is 0 Å². The number of nitrogens with one attached hydrogen (secondary N) is 4. The first-order valence-electron chi connectivity index (χ1n) is 10.6. The molecule has 2 aromatic carbocycles. The van der Waals surface area contributed by atoms with Crippen molar-refractivity contribution in [3.63, 3.8) is 0 Å². The van der Waals surface area contributed by atoms with Gasteiger partial charge < -0.3 is 21.3 Å². The average Bonchev–Trinajstić information content (AvgIpc) is 2.81. The Morgan fingerprint density at radius 3 is 1.94 bits per heavy atom. The zero-order chi connectivity index (χ0) is 25.5. The zero-order valence-corrected chi connectivity index (χ0v) is 19.6. The average molecular weight is 512 g/mol. The van der Waals surface area contributed by atoms with Gasteiger partial charge in [0.2, 0.25) is 0 Å². The van der Waals surface area contributed by atoms with Crippen molar-refractivity contribution in [1.82, 2.24) is 15.0 Å². The van der Waals surface area contributed by atoms with Crippen LogP contribution in [-0.2, 0) is 0 Å². The van der Waals surface area contributed by atoms with E-state index in [4.69, 9.17) is 0 Å². The number of aromatic nitrogens is 3. The van der Waals surface area contributed by atoms with Crippen LogP contribution in [0.3, 0.4) is 0 Å². The molecular weight excluding hydrogens is 491 g/mol. The summed E-state index contributed by atoms with van der Waals surface area (Å²) in [6, 6.07) is 19.1. The zero-order valence-electron chi connectivity index (χ0n) is 18.8. The van der Waals surface area contributed by atoms with E-state index in [9.17, 15) is 18.0 Å². The minimum Gasteiger partial charge on any atom is -0.340 e. The number of nitrogens with zero attached hydrogens (tertiary/aromatic N) is 3. The van der Waals surface area contributed by atoms with Crippen LogP contribution in [0, 0.1) is 6.92 Å². The molecule has 36 heavy (non-hydrogen) atoms. The standard InChI is InChI=1S/C24H20F3N7OS/c1-15-29-21(14-22(30-15)34-20-4-2-3-13-28-20)31-16-5-7-17(8-6-16)32-23(35)33-18-9-11-19(12-10-18)36-24(25,26)27/h2-14H,1H3,(H2,32,33,35)(H2,28,29,30,31,34). The summed E-state index contributed by atoms with van der Waals surface area (Å²) in [5.74, 6) is 2.39. The summed E-state index contributed by atoms with van der Waals surface area (Å²) in [6.07, 6.45) is 1.68. The molecule has 0 spiro atoms. The van der Waals surface area contributed by atoms with Gasteiger partial charge in [0.25, 0.3) is 0 Å². The number of carbonyl (C=O) groups excluding carboxylic acids is 1. The summed E-state index contributed by atoms with van der Waals surface area (Å²) in [7, 11) is 0. The first-order valence-corrected chi connectivity index (χ1v) is 11.4. The lowest BCUT2D eigenvalue weighted by Gasteiger charge is -2.11. The Bertz CT molecular complexity index is 1320. The van der Waals surface area contributed by atoms with Gasteiger partial charge in [-0.3, -0.25) is 0 Å². The van der Waals surface area contributed by atoms with Crippen molar-refractivity contribution in [1.29, 1.82) is 0 Å². The third-order valence-corrected chi connectivity index (χ3v) is 5.26. The molecule has 0 saturated heterocycles. The number of aryl methyl sites for hydroxylation is 1. The number of carbonyl (C=O) groups is 1. The van der Waals surface area contributed by atoms with Crippen LogP contribution in [0.5, 0.6) is 0 Å². The Labute approximate surface area is 208 Å². The third-order valence-electron chi connectivity index (χ3n) is 4.52. The molecule has 2 amide bonds. The van der Waals surface area contributed by atoms with E-state index in [1.165, 1.54) is 24.3 Å². The molecule has 184 valence electrons. The lowest BCUT2D eigenvalue weighted by atomic mass is 10.2. The van der Waals surface area contributed by atoms with Gasteiger partial charge in [-0.05, 0) is 79.3 Å². The number of thioether (sulfide) groups is 1. The third kappa shape index (κ3) is 7.60. The van der Waals surface area contributed by atoms with Gasteiger partial charge in [0.15, 0.2) is 0 Å². The van der Waals surface area contributed by atoms with Crippen molar-refractivity contribution in [2.24, 2.45) is 0 Å². The van der Waals surface area contributed by atoms with Gasteiger partial charge in [-0.25, -0.2) is 19.7 Å². The number of rotatable bonds is 7. The predicted molar refractivity (Wildman–Crippen MR) is 135 cm³/mol. The lowest BCUT2D eigenvalue weighted by molar-refractivity contribution is -0.0328. The molecule has 4 rings (SSSR count). The maximum absolute atomic E-state index is 12.4. The summed E-state index contributed by atoms with van der Waals surface area (Å²) in [4.78, 5) is 25.3. The molecule has 8 nitrogen and oxygen atoms in total. The number of hydrogen-bond donors (Lipinski definition) is 4. The molecule has 0 saturated carbocycles. The van der Waals surface area contributed by atoms with E-state index in [0.717, 1.165) is 5.69 Å². The highest BCUT2D eigenvalue weighted by molar-refractivity contribution is 8.00. The van der Waals surface area contributed by atoms with Crippen molar-refractivity contribution >= 4 is 52.3 Å². The number of anilines is 6. The Balaban J connectivity index is 1.33. The molecule has 0 fully saturated rings. The Kier molecular flexibility index (Phi) is 7.54. The number of halogens is 3. The van der Waals surface area contributed by atoms with Crippen LogP contribution in [0.2, 0.25) is 0 Å². The van der Waals surface area contributed by atoms with Crippen LogP contribution in [0.25, 0.3) is 0 Å². The SMILES string of the molecule is Cc1nc(Nc2ccc(NC(=O)Nc3ccc(SC(F)(F)F)cc3)cc2)cc(Nc2ccccn2)n1. The maximum atomic E-state index is 12.4. The fourth-order valence-electron chi connectivity index (χ4n) is 3.08. The monoisotopic (exact) mass is 511 g/mol. The minimum atomic E-state index is -4.36. The van der Waals surface area contributed by atoms with E-state index in [2.05, 4.69) is 36.2 Å². The molecule has 4 N–H and O–H groups in total. The smallest absolute Gasteiger partial charge is 0.340 e. The van der Waals surface area contributed by atoms with Gasteiger partial charge in [-0.2, -0.15) is 13.2 Å². The van der Waals surface area contributed by atoms with E-state index in [-0.39, 0.29) is 16.7 Å².